The van der Waals surface area contributed by atoms with Crippen molar-refractivity contribution in [3.8, 4) is 11.5 Å². The first-order valence-corrected chi connectivity index (χ1v) is 47.8. The standard InChI is InChI=1S/2C42H48BrFN4O5SSi/c1-42(2,3)53-40(50)38-29(12-10-22-52-35-18-17-30(43)25-33(35)44)16-19-37(45-38)47-21-20-28-11-9-13-31(32(28)26-47)39(49)46-41-48(27-51-23-24-55(4,5)6)34-14-7-8-15-36(34)54-41;1-42(2,3)53-40(50)38-29(12-10-22-52-35-18-17-30(43)25-33(35)44)16-19-37(46-38)47-21-20-28-11-9-13-31(32(28)26-47)39(49)48(27-51-23-24-55(4,5)6)41-45-34-14-7-8-15-36(34)54-41/h2*7-9,11,13-19,25H,10,12,20-24,26-27H2,1-6H3. The molecule has 0 saturated carbocycles. The van der Waals surface area contributed by atoms with E-state index < -0.39 is 50.9 Å². The Kier molecular flexibility index (Phi) is 27.4. The van der Waals surface area contributed by atoms with Crippen molar-refractivity contribution < 1.29 is 56.4 Å². The van der Waals surface area contributed by atoms with Gasteiger partial charge in [0.25, 0.3) is 11.8 Å². The van der Waals surface area contributed by atoms with Gasteiger partial charge in [0.05, 0.1) is 33.6 Å². The highest BCUT2D eigenvalue weighted by Crippen LogP contribution is 2.35. The van der Waals surface area contributed by atoms with E-state index in [0.29, 0.717) is 137 Å². The summed E-state index contributed by atoms with van der Waals surface area (Å²) < 4.78 is 69.1. The van der Waals surface area contributed by atoms with E-state index in [-0.39, 0.29) is 54.6 Å². The normalized spacial score (nSPS) is 13.4. The highest BCUT2D eigenvalue weighted by molar-refractivity contribution is 9.10. The Bertz CT molecular complexity index is 5020. The number of fused-ring (bicyclic) bond motifs is 4. The number of rotatable bonds is 27. The molecule has 6 aromatic carbocycles. The number of ether oxygens (including phenoxy) is 6. The third-order valence-corrected chi connectivity index (χ3v) is 24.7. The van der Waals surface area contributed by atoms with Crippen LogP contribution in [0.15, 0.2) is 160 Å². The van der Waals surface area contributed by atoms with Gasteiger partial charge in [-0.1, -0.05) is 154 Å². The number of pyridine rings is 2. The molecule has 0 N–H and O–H groups in total. The number of hydrogen-bond acceptors (Lipinski definition) is 17. The molecule has 0 spiro atoms. The first-order valence-electron chi connectivity index (χ1n) is 37.1. The first kappa shape index (κ1) is 82.6. The zero-order valence-corrected chi connectivity index (χ0v) is 71.4. The zero-order chi connectivity index (χ0) is 78.7. The number of carbonyl (C=O) groups is 4. The zero-order valence-electron chi connectivity index (χ0n) is 64.6. The van der Waals surface area contributed by atoms with E-state index in [1.54, 1.807) is 29.2 Å². The first-order chi connectivity index (χ1) is 52.3. The van der Waals surface area contributed by atoms with Gasteiger partial charge < -0.3 is 38.2 Å². The van der Waals surface area contributed by atoms with E-state index in [4.69, 9.17) is 43.4 Å². The van der Waals surface area contributed by atoms with E-state index in [1.165, 1.54) is 34.8 Å². The lowest BCUT2D eigenvalue weighted by Gasteiger charge is -2.32. The van der Waals surface area contributed by atoms with Crippen LogP contribution in [0.2, 0.25) is 51.4 Å². The van der Waals surface area contributed by atoms with E-state index in [9.17, 15) is 28.0 Å². The molecule has 0 aliphatic carbocycles. The summed E-state index contributed by atoms with van der Waals surface area (Å²) in [4.78, 5) is 81.5. The number of aryl methyl sites for hydroxylation is 2. The number of halogens is 4. The number of thiazole rings is 2. The predicted octanol–water partition coefficient (Wildman–Crippen LogP) is 19.7. The topological polar surface area (TPSA) is 189 Å². The minimum Gasteiger partial charge on any atom is -0.491 e. The minimum absolute atomic E-state index is 0.0991. The number of aromatic nitrogens is 4. The summed E-state index contributed by atoms with van der Waals surface area (Å²) in [6.07, 6.45) is 3.40. The van der Waals surface area contributed by atoms with Crippen LogP contribution in [0.4, 0.5) is 25.5 Å². The van der Waals surface area contributed by atoms with E-state index in [0.717, 1.165) is 54.8 Å². The average Bonchev–Trinajstić information content (AvgIpc) is 1.09. The third-order valence-electron chi connectivity index (χ3n) is 18.2. The van der Waals surface area contributed by atoms with E-state index in [1.807, 2.05) is 143 Å². The Morgan fingerprint density at radius 2 is 1.06 bits per heavy atom. The van der Waals surface area contributed by atoms with Crippen molar-refractivity contribution in [3.63, 3.8) is 0 Å². The van der Waals surface area contributed by atoms with E-state index in [2.05, 4.69) is 98.1 Å². The lowest BCUT2D eigenvalue weighted by Crippen LogP contribution is -2.37. The van der Waals surface area contributed by atoms with Crippen LogP contribution < -0.4 is 29.0 Å². The molecule has 110 heavy (non-hydrogen) atoms. The number of amides is 2. The number of carbonyl (C=O) groups excluding carboxylic acids is 4. The molecule has 10 aromatic rings. The van der Waals surface area contributed by atoms with Crippen molar-refractivity contribution in [2.45, 2.75) is 162 Å². The fourth-order valence-electron chi connectivity index (χ4n) is 12.5. The van der Waals surface area contributed by atoms with Gasteiger partial charge in [-0.3, -0.25) is 19.1 Å². The number of hydrogen-bond donors (Lipinski definition) is 0. The molecule has 0 atom stereocenters. The summed E-state index contributed by atoms with van der Waals surface area (Å²) in [7, 11) is -2.60. The minimum atomic E-state index is -1.34. The van der Waals surface area contributed by atoms with Crippen molar-refractivity contribution in [2.24, 2.45) is 4.99 Å². The number of nitrogens with zero attached hydrogens (tertiary/aromatic N) is 8. The van der Waals surface area contributed by atoms with Crippen molar-refractivity contribution in [3.05, 3.63) is 227 Å². The molecule has 18 nitrogen and oxygen atoms in total. The molecule has 0 saturated heterocycles. The van der Waals surface area contributed by atoms with Gasteiger partial charge in [0, 0.05) is 75.6 Å². The Labute approximate surface area is 669 Å². The maximum atomic E-state index is 14.6. The largest absolute Gasteiger partial charge is 0.491 e. The molecule has 12 rings (SSSR count). The third kappa shape index (κ3) is 22.5. The van der Waals surface area contributed by atoms with Gasteiger partial charge in [-0.05, 0) is 210 Å². The second kappa shape index (κ2) is 36.4. The summed E-state index contributed by atoms with van der Waals surface area (Å²) in [6.45, 7) is 29.1. The average molecular weight is 1700 g/mol. The fourth-order valence-corrected chi connectivity index (χ4v) is 16.7. The number of benzene rings is 6. The lowest BCUT2D eigenvalue weighted by atomic mass is 9.94. The number of para-hydroxylation sites is 2. The lowest BCUT2D eigenvalue weighted by molar-refractivity contribution is 0.00491. The highest BCUT2D eigenvalue weighted by Gasteiger charge is 2.32. The molecule has 26 heteroatoms. The molecular weight excluding hydrogens is 1600 g/mol. The van der Waals surface area contributed by atoms with Crippen LogP contribution in [-0.2, 0) is 64.5 Å². The fraction of sp³-hybridized carbons (Fsp3) is 0.381. The molecule has 6 heterocycles. The van der Waals surface area contributed by atoms with Crippen molar-refractivity contribution in [1.29, 1.82) is 0 Å². The van der Waals surface area contributed by atoms with Crippen LogP contribution in [0, 0.1) is 11.6 Å². The monoisotopic (exact) mass is 1690 g/mol. The number of esters is 2. The van der Waals surface area contributed by atoms with Gasteiger partial charge in [-0.25, -0.2) is 33.3 Å². The van der Waals surface area contributed by atoms with Crippen LogP contribution in [-0.4, -0.2) is 117 Å². The molecule has 0 fully saturated rings. The smallest absolute Gasteiger partial charge is 0.357 e. The van der Waals surface area contributed by atoms with Gasteiger partial charge in [0.2, 0.25) is 0 Å². The predicted molar refractivity (Wildman–Crippen MR) is 446 cm³/mol. The van der Waals surface area contributed by atoms with Crippen molar-refractivity contribution in [2.75, 3.05) is 60.9 Å². The van der Waals surface area contributed by atoms with Gasteiger partial charge in [0.15, 0.2) is 44.5 Å². The van der Waals surface area contributed by atoms with Gasteiger partial charge in [-0.15, -0.1) is 0 Å². The van der Waals surface area contributed by atoms with Crippen molar-refractivity contribution in [1.82, 2.24) is 19.5 Å². The molecule has 0 bridgehead atoms. The molecular formula is C84H96Br2F2N8O10S2Si2. The maximum Gasteiger partial charge on any atom is 0.357 e. The Balaban J connectivity index is 0.000000218. The highest BCUT2D eigenvalue weighted by atomic mass is 79.9. The Hall–Kier alpha value is -8.35. The van der Waals surface area contributed by atoms with Crippen LogP contribution >= 0.6 is 54.5 Å². The molecule has 2 aliphatic rings. The SMILES string of the molecule is CC(C)(C)OC(=O)c1nc(N2CCc3cccc(C(=O)N(COCC[Si](C)(C)C)c4nc5ccccc5s4)c3C2)ccc1CCCOc1ccc(Br)cc1F.CC(C)(C)OC(=O)c1nc(N2CCc3cccc(C(=O)N=c4sc5ccccc5n4COCC[Si](C)(C)C)c3C2)ccc1CCCOc1ccc(Br)cc1F. The van der Waals surface area contributed by atoms with Gasteiger partial charge in [-0.2, -0.15) is 4.99 Å². The van der Waals surface area contributed by atoms with Crippen molar-refractivity contribution >= 4 is 132 Å². The molecule has 0 radical (unpaired) electrons. The van der Waals surface area contributed by atoms with Gasteiger partial charge >= 0.3 is 11.9 Å². The van der Waals surface area contributed by atoms with Crippen LogP contribution in [0.5, 0.6) is 11.5 Å². The van der Waals surface area contributed by atoms with Crippen LogP contribution in [0.1, 0.15) is 129 Å². The molecule has 2 aliphatic heterocycles. The Morgan fingerprint density at radius 3 is 1.58 bits per heavy atom. The van der Waals surface area contributed by atoms with Gasteiger partial charge in [0.1, 0.15) is 36.3 Å². The quantitative estimate of drug-likeness (QED) is 0.0204. The summed E-state index contributed by atoms with van der Waals surface area (Å²) >= 11 is 9.48. The molecule has 4 aromatic heterocycles. The summed E-state index contributed by atoms with van der Waals surface area (Å²) in [6, 6.07) is 46.6. The van der Waals surface area contributed by atoms with Crippen LogP contribution in [0.25, 0.3) is 20.4 Å². The van der Waals surface area contributed by atoms with Crippen LogP contribution in [0.3, 0.4) is 0 Å². The molecule has 580 valence electrons. The molecule has 2 amide bonds. The molecule has 0 unspecified atom stereocenters. The second-order valence-electron chi connectivity index (χ2n) is 31.7. The second-order valence-corrected chi connectivity index (χ2v) is 46.8. The maximum absolute atomic E-state index is 14.6. The summed E-state index contributed by atoms with van der Waals surface area (Å²) in [5, 5.41) is 0.594. The summed E-state index contributed by atoms with van der Waals surface area (Å²) in [5.74, 6) is -0.844. The Morgan fingerprint density at radius 1 is 0.564 bits per heavy atom. The number of anilines is 3. The summed E-state index contributed by atoms with van der Waals surface area (Å²) in [5.41, 5.74) is 7.38. The van der Waals surface area contributed by atoms with E-state index >= 15 is 0 Å².